The van der Waals surface area contributed by atoms with Crippen molar-refractivity contribution in [1.82, 2.24) is 0 Å². The fourth-order valence-electron chi connectivity index (χ4n) is 4.05. The molecule has 0 heterocycles. The van der Waals surface area contributed by atoms with Gasteiger partial charge in [-0.3, -0.25) is 0 Å². The molecule has 0 radical (unpaired) electrons. The Hall–Kier alpha value is -1.50. The lowest BCUT2D eigenvalue weighted by molar-refractivity contribution is 0.00368. The summed E-state index contributed by atoms with van der Waals surface area (Å²) in [5.74, 6) is 0.493. The van der Waals surface area contributed by atoms with Crippen LogP contribution in [0.1, 0.15) is 77.6 Å². The molecule has 1 fully saturated rings. The van der Waals surface area contributed by atoms with E-state index in [4.69, 9.17) is 0 Å². The molecule has 0 unspecified atom stereocenters. The highest BCUT2D eigenvalue weighted by atomic mass is 32.3. The summed E-state index contributed by atoms with van der Waals surface area (Å²) >= 11 is 0. The van der Waals surface area contributed by atoms with E-state index in [9.17, 15) is 22.4 Å². The zero-order chi connectivity index (χ0) is 21.3. The largest absolute Gasteiger partial charge is 0.499 e. The van der Waals surface area contributed by atoms with Crippen molar-refractivity contribution in [3.63, 3.8) is 0 Å². The van der Waals surface area contributed by atoms with Crippen molar-refractivity contribution in [1.29, 1.82) is 0 Å². The van der Waals surface area contributed by atoms with Crippen molar-refractivity contribution >= 4 is 24.1 Å². The summed E-state index contributed by atoms with van der Waals surface area (Å²) in [7, 11) is -8.61. The quantitative estimate of drug-likeness (QED) is 0.181. The molecule has 0 spiro atoms. The van der Waals surface area contributed by atoms with E-state index in [1.165, 1.54) is 56.4 Å². The van der Waals surface area contributed by atoms with Gasteiger partial charge in [-0.2, -0.15) is 0 Å². The second-order valence-electron chi connectivity index (χ2n) is 7.93. The molecule has 0 bridgehead atoms. The molecule has 6 nitrogen and oxygen atoms in total. The predicted octanol–water partition coefficient (Wildman–Crippen LogP) is 4.77. The maximum atomic E-state index is 12.9. The van der Waals surface area contributed by atoms with Crippen LogP contribution >= 0.6 is 0 Å². The van der Waals surface area contributed by atoms with E-state index in [0.29, 0.717) is 18.8 Å². The summed E-state index contributed by atoms with van der Waals surface area (Å²) in [6, 6.07) is 7.24. The lowest BCUT2D eigenvalue weighted by Crippen LogP contribution is -2.36. The molecule has 1 saturated carbocycles. The van der Waals surface area contributed by atoms with Crippen molar-refractivity contribution in [2.24, 2.45) is 5.92 Å². The van der Waals surface area contributed by atoms with Crippen LogP contribution in [-0.4, -0.2) is 31.3 Å². The van der Waals surface area contributed by atoms with Gasteiger partial charge >= 0.3 is 4.38 Å². The SMILES string of the molecule is CCCCCCCCC1CCC(S(=O)(=O)C(=[N+]=[N-])S(=O)(=O)c2ccccc2)CC1. The fourth-order valence-corrected chi connectivity index (χ4v) is 8.09. The Morgan fingerprint density at radius 3 is 2.10 bits per heavy atom. The molecule has 0 saturated heterocycles. The van der Waals surface area contributed by atoms with Crippen LogP contribution in [0.2, 0.25) is 0 Å². The normalized spacial score (nSPS) is 20.2. The maximum absolute atomic E-state index is 12.9. The molecule has 1 aromatic rings. The Morgan fingerprint density at radius 2 is 1.52 bits per heavy atom. The van der Waals surface area contributed by atoms with Gasteiger partial charge in [0.15, 0.2) is 0 Å². The molecule has 0 N–H and O–H groups in total. The Morgan fingerprint density at radius 1 is 0.931 bits per heavy atom. The Labute approximate surface area is 175 Å². The van der Waals surface area contributed by atoms with Crippen molar-refractivity contribution in [3.05, 3.63) is 35.9 Å². The summed E-state index contributed by atoms with van der Waals surface area (Å²) < 4.78 is 50.1. The molecule has 0 amide bonds. The molecule has 0 atom stereocenters. The average Bonchev–Trinajstić information content (AvgIpc) is 2.71. The summed E-state index contributed by atoms with van der Waals surface area (Å²) in [5.41, 5.74) is 9.28. The third-order valence-electron chi connectivity index (χ3n) is 5.81. The minimum atomic E-state index is -4.38. The average molecular weight is 441 g/mol. The smallest absolute Gasteiger partial charge is 0.359 e. The van der Waals surface area contributed by atoms with Gasteiger partial charge in [0.1, 0.15) is 0 Å². The van der Waals surface area contributed by atoms with E-state index in [-0.39, 0.29) is 4.90 Å². The van der Waals surface area contributed by atoms with E-state index in [0.717, 1.165) is 25.7 Å². The second kappa shape index (κ2) is 11.0. The molecule has 8 heteroatoms. The minimum absolute atomic E-state index is 0.187. The molecular weight excluding hydrogens is 408 g/mol. The molecule has 2 rings (SSSR count). The van der Waals surface area contributed by atoms with Crippen molar-refractivity contribution in [3.8, 4) is 0 Å². The number of nitrogens with zero attached hydrogens (tertiary/aromatic N) is 2. The summed E-state index contributed by atoms with van der Waals surface area (Å²) in [6.45, 7) is 2.20. The molecule has 1 aliphatic rings. The topological polar surface area (TPSA) is 105 Å². The summed E-state index contributed by atoms with van der Waals surface area (Å²) in [6.07, 6.45) is 10.9. The Bertz CT molecular complexity index is 897. The third-order valence-corrected chi connectivity index (χ3v) is 10.5. The number of sulfone groups is 2. The van der Waals surface area contributed by atoms with Gasteiger partial charge in [-0.05, 0) is 43.7 Å². The number of unbranched alkanes of at least 4 members (excludes halogenated alkanes) is 5. The van der Waals surface area contributed by atoms with E-state index in [1.54, 1.807) is 6.07 Å². The molecule has 1 aliphatic carbocycles. The second-order valence-corrected chi connectivity index (χ2v) is 12.2. The third kappa shape index (κ3) is 6.24. The first kappa shape index (κ1) is 23.8. The van der Waals surface area contributed by atoms with Gasteiger partial charge in [0.25, 0.3) is 19.7 Å². The highest BCUT2D eigenvalue weighted by Crippen LogP contribution is 2.33. The number of hydrogen-bond acceptors (Lipinski definition) is 4. The minimum Gasteiger partial charge on any atom is -0.359 e. The standard InChI is InChI=1S/C21H32N2O4S2/c1-2-3-4-5-6-8-11-18-14-16-20(17-15-18)29(26,27)21(23-22)28(24,25)19-12-9-7-10-13-19/h7,9-10,12-13,18,20H,2-6,8,11,14-17H2,1H3. The highest BCUT2D eigenvalue weighted by Gasteiger charge is 2.47. The van der Waals surface area contributed by atoms with Gasteiger partial charge in [0.05, 0.1) is 10.1 Å². The van der Waals surface area contributed by atoms with E-state index in [1.807, 2.05) is 0 Å². The van der Waals surface area contributed by atoms with Gasteiger partial charge in [-0.25, -0.2) is 16.8 Å². The van der Waals surface area contributed by atoms with Crippen LogP contribution in [0.5, 0.6) is 0 Å². The summed E-state index contributed by atoms with van der Waals surface area (Å²) in [4.78, 5) is 2.54. The van der Waals surface area contributed by atoms with Gasteiger partial charge in [-0.15, -0.1) is 4.79 Å². The van der Waals surface area contributed by atoms with Gasteiger partial charge in [0.2, 0.25) is 0 Å². The van der Waals surface area contributed by atoms with E-state index in [2.05, 4.69) is 11.7 Å². The molecule has 29 heavy (non-hydrogen) atoms. The van der Waals surface area contributed by atoms with Crippen LogP contribution in [-0.2, 0) is 19.7 Å². The van der Waals surface area contributed by atoms with Crippen molar-refractivity contribution < 1.29 is 21.6 Å². The maximum Gasteiger partial charge on any atom is 0.499 e. The number of hydrogen-bond donors (Lipinski definition) is 0. The van der Waals surface area contributed by atoms with Crippen molar-refractivity contribution in [2.45, 2.75) is 87.7 Å². The highest BCUT2D eigenvalue weighted by molar-refractivity contribution is 8.31. The van der Waals surface area contributed by atoms with Crippen LogP contribution in [0.3, 0.4) is 0 Å². The van der Waals surface area contributed by atoms with Crippen molar-refractivity contribution in [2.75, 3.05) is 0 Å². The van der Waals surface area contributed by atoms with E-state index < -0.39 is 29.3 Å². The van der Waals surface area contributed by atoms with Crippen LogP contribution in [0, 0.1) is 5.92 Å². The number of benzene rings is 1. The van der Waals surface area contributed by atoms with Crippen LogP contribution in [0.15, 0.2) is 35.2 Å². The van der Waals surface area contributed by atoms with Gasteiger partial charge in [-0.1, -0.05) is 70.1 Å². The molecular formula is C21H32N2O4S2. The first-order valence-electron chi connectivity index (χ1n) is 10.6. The number of rotatable bonds is 9. The fraction of sp³-hybridized carbons (Fsp3) is 0.667. The van der Waals surface area contributed by atoms with Gasteiger partial charge < -0.3 is 5.53 Å². The zero-order valence-electron chi connectivity index (χ0n) is 17.2. The van der Waals surface area contributed by atoms with E-state index >= 15 is 0 Å². The lowest BCUT2D eigenvalue weighted by Gasteiger charge is -2.27. The molecule has 0 aliphatic heterocycles. The zero-order valence-corrected chi connectivity index (χ0v) is 18.8. The van der Waals surface area contributed by atoms with Crippen LogP contribution in [0.4, 0.5) is 0 Å². The van der Waals surface area contributed by atoms with Crippen LogP contribution < -0.4 is 0 Å². The van der Waals surface area contributed by atoms with Crippen LogP contribution in [0.25, 0.3) is 5.53 Å². The first-order chi connectivity index (χ1) is 13.8. The predicted molar refractivity (Wildman–Crippen MR) is 115 cm³/mol. The lowest BCUT2D eigenvalue weighted by atomic mass is 9.85. The Kier molecular flexibility index (Phi) is 9.05. The Balaban J connectivity index is 1.96. The molecule has 162 valence electrons. The molecule has 1 aromatic carbocycles. The van der Waals surface area contributed by atoms with Gasteiger partial charge in [0, 0.05) is 0 Å². The monoisotopic (exact) mass is 440 g/mol. The summed E-state index contributed by atoms with van der Waals surface area (Å²) in [5, 5.41) is -0.812. The first-order valence-corrected chi connectivity index (χ1v) is 13.6. The molecule has 0 aromatic heterocycles.